The van der Waals surface area contributed by atoms with Gasteiger partial charge < -0.3 is 15.2 Å². The molecular weight excluding hydrogens is 330 g/mol. The van der Waals surface area contributed by atoms with Crippen molar-refractivity contribution in [2.24, 2.45) is 5.92 Å². The highest BCUT2D eigenvalue weighted by molar-refractivity contribution is 5.92. The Morgan fingerprint density at radius 3 is 2.15 bits per heavy atom. The molecule has 5 nitrogen and oxygen atoms in total. The fraction of sp³-hybridized carbons (Fsp3) is 0.333. The summed E-state index contributed by atoms with van der Waals surface area (Å²) in [5.41, 5.74) is 2.87. The summed E-state index contributed by atoms with van der Waals surface area (Å²) >= 11 is 0. The quantitative estimate of drug-likeness (QED) is 0.748. The average molecular weight is 355 g/mol. The van der Waals surface area contributed by atoms with Crippen molar-refractivity contribution in [3.8, 4) is 5.75 Å². The second-order valence-corrected chi connectivity index (χ2v) is 6.70. The molecule has 0 aromatic heterocycles. The maximum Gasteiger partial charge on any atom is 0.309 e. The van der Waals surface area contributed by atoms with E-state index in [0.717, 1.165) is 11.3 Å². The van der Waals surface area contributed by atoms with E-state index in [-0.39, 0.29) is 18.9 Å². The number of rotatable bonds is 8. The predicted molar refractivity (Wildman–Crippen MR) is 102 cm³/mol. The van der Waals surface area contributed by atoms with Gasteiger partial charge in [0.15, 0.2) is 0 Å². The monoisotopic (exact) mass is 355 g/mol. The summed E-state index contributed by atoms with van der Waals surface area (Å²) in [7, 11) is 0. The van der Waals surface area contributed by atoms with Gasteiger partial charge in [-0.25, -0.2) is 0 Å². The summed E-state index contributed by atoms with van der Waals surface area (Å²) < 4.78 is 5.43. The molecule has 2 aromatic carbocycles. The summed E-state index contributed by atoms with van der Waals surface area (Å²) in [5, 5.41) is 11.7. The zero-order valence-electron chi connectivity index (χ0n) is 15.4. The Morgan fingerprint density at radius 2 is 1.62 bits per heavy atom. The molecular formula is C21H25NO4. The van der Waals surface area contributed by atoms with Crippen LogP contribution in [0.25, 0.3) is 0 Å². The first kappa shape index (κ1) is 19.5. The summed E-state index contributed by atoms with van der Waals surface area (Å²) in [4.78, 5) is 22.9. The minimum Gasteiger partial charge on any atom is -0.493 e. The molecule has 0 aliphatic carbocycles. The Kier molecular flexibility index (Phi) is 6.78. The summed E-state index contributed by atoms with van der Waals surface area (Å²) in [5.74, 6) is -0.497. The molecule has 0 spiro atoms. The number of carboxylic acids is 1. The molecule has 0 saturated carbocycles. The Bertz CT molecular complexity index is 736. The molecule has 2 N–H and O–H groups in total. The zero-order valence-corrected chi connectivity index (χ0v) is 15.4. The van der Waals surface area contributed by atoms with Crippen LogP contribution < -0.4 is 10.1 Å². The van der Waals surface area contributed by atoms with Crippen LogP contribution in [0.3, 0.4) is 0 Å². The van der Waals surface area contributed by atoms with E-state index in [1.165, 1.54) is 5.56 Å². The molecule has 26 heavy (non-hydrogen) atoms. The average Bonchev–Trinajstić information content (AvgIpc) is 2.61. The summed E-state index contributed by atoms with van der Waals surface area (Å²) in [6.45, 7) is 5.96. The SMILES string of the molecule is CC(COc1ccc(CC(=O)Nc2ccc(C(C)C)cc2)cc1)C(=O)O. The van der Waals surface area contributed by atoms with E-state index in [1.54, 1.807) is 19.1 Å². The first-order valence-corrected chi connectivity index (χ1v) is 8.69. The van der Waals surface area contributed by atoms with Gasteiger partial charge in [-0.05, 0) is 48.2 Å². The second kappa shape index (κ2) is 9.04. The topological polar surface area (TPSA) is 75.6 Å². The largest absolute Gasteiger partial charge is 0.493 e. The van der Waals surface area contributed by atoms with Crippen molar-refractivity contribution in [2.75, 3.05) is 11.9 Å². The molecule has 0 radical (unpaired) electrons. The number of amides is 1. The molecule has 0 bridgehead atoms. The molecule has 0 aliphatic rings. The van der Waals surface area contributed by atoms with Crippen molar-refractivity contribution >= 4 is 17.6 Å². The maximum absolute atomic E-state index is 12.2. The fourth-order valence-corrected chi connectivity index (χ4v) is 2.34. The van der Waals surface area contributed by atoms with Crippen LogP contribution in [0.2, 0.25) is 0 Å². The molecule has 0 heterocycles. The number of aliphatic carboxylic acids is 1. The highest BCUT2D eigenvalue weighted by Crippen LogP contribution is 2.18. The number of carboxylic acid groups (broad SMARTS) is 1. The molecule has 5 heteroatoms. The van der Waals surface area contributed by atoms with Crippen molar-refractivity contribution in [1.29, 1.82) is 0 Å². The lowest BCUT2D eigenvalue weighted by molar-refractivity contribution is -0.142. The minimum absolute atomic E-state index is 0.0875. The first-order chi connectivity index (χ1) is 12.3. The Labute approximate surface area is 154 Å². The van der Waals surface area contributed by atoms with Crippen molar-refractivity contribution in [3.05, 3.63) is 59.7 Å². The van der Waals surface area contributed by atoms with Crippen LogP contribution in [-0.2, 0) is 16.0 Å². The second-order valence-electron chi connectivity index (χ2n) is 6.70. The summed E-state index contributed by atoms with van der Waals surface area (Å²) in [6, 6.07) is 15.0. The Hall–Kier alpha value is -2.82. The van der Waals surface area contributed by atoms with Gasteiger partial charge in [0.2, 0.25) is 5.91 Å². The first-order valence-electron chi connectivity index (χ1n) is 8.69. The van der Waals surface area contributed by atoms with E-state index in [2.05, 4.69) is 19.2 Å². The number of nitrogens with one attached hydrogen (secondary N) is 1. The van der Waals surface area contributed by atoms with Crippen LogP contribution in [-0.4, -0.2) is 23.6 Å². The highest BCUT2D eigenvalue weighted by Gasteiger charge is 2.11. The number of carbonyl (C=O) groups is 2. The number of anilines is 1. The molecule has 138 valence electrons. The Morgan fingerprint density at radius 1 is 1.00 bits per heavy atom. The van der Waals surface area contributed by atoms with Gasteiger partial charge in [-0.2, -0.15) is 0 Å². The van der Waals surface area contributed by atoms with Gasteiger partial charge in [0, 0.05) is 5.69 Å². The van der Waals surface area contributed by atoms with Gasteiger partial charge in [-0.15, -0.1) is 0 Å². The minimum atomic E-state index is -0.889. The molecule has 2 aromatic rings. The molecule has 1 unspecified atom stereocenters. The van der Waals surface area contributed by atoms with E-state index < -0.39 is 11.9 Å². The van der Waals surface area contributed by atoms with Crippen LogP contribution in [0.4, 0.5) is 5.69 Å². The van der Waals surface area contributed by atoms with Crippen LogP contribution >= 0.6 is 0 Å². The lowest BCUT2D eigenvalue weighted by atomic mass is 10.0. The number of hydrogen-bond acceptors (Lipinski definition) is 3. The number of hydrogen-bond donors (Lipinski definition) is 2. The van der Waals surface area contributed by atoms with Crippen LogP contribution in [0.5, 0.6) is 5.75 Å². The van der Waals surface area contributed by atoms with Gasteiger partial charge in [-0.1, -0.05) is 38.1 Å². The lowest BCUT2D eigenvalue weighted by Crippen LogP contribution is -2.18. The lowest BCUT2D eigenvalue weighted by Gasteiger charge is -2.10. The van der Waals surface area contributed by atoms with Crippen LogP contribution in [0, 0.1) is 5.92 Å². The van der Waals surface area contributed by atoms with E-state index in [0.29, 0.717) is 11.7 Å². The fourth-order valence-electron chi connectivity index (χ4n) is 2.34. The molecule has 1 amide bonds. The molecule has 2 rings (SSSR count). The standard InChI is InChI=1S/C21H25NO4/c1-14(2)17-6-8-18(9-7-17)22-20(23)12-16-4-10-19(11-5-16)26-13-15(3)21(24)25/h4-11,14-15H,12-13H2,1-3H3,(H,22,23)(H,24,25). The van der Waals surface area contributed by atoms with Crippen LogP contribution in [0.15, 0.2) is 48.5 Å². The van der Waals surface area contributed by atoms with Crippen molar-refractivity contribution in [2.45, 2.75) is 33.1 Å². The van der Waals surface area contributed by atoms with E-state index >= 15 is 0 Å². The third-order valence-corrected chi connectivity index (χ3v) is 4.07. The third-order valence-electron chi connectivity index (χ3n) is 4.07. The van der Waals surface area contributed by atoms with Gasteiger partial charge in [0.25, 0.3) is 0 Å². The molecule has 0 aliphatic heterocycles. The van der Waals surface area contributed by atoms with Gasteiger partial charge in [0.1, 0.15) is 12.4 Å². The number of benzene rings is 2. The van der Waals surface area contributed by atoms with Gasteiger partial charge >= 0.3 is 5.97 Å². The van der Waals surface area contributed by atoms with Gasteiger partial charge in [-0.3, -0.25) is 9.59 Å². The maximum atomic E-state index is 12.2. The Balaban J connectivity index is 1.86. The summed E-state index contributed by atoms with van der Waals surface area (Å²) in [6.07, 6.45) is 0.262. The number of ether oxygens (including phenoxy) is 1. The van der Waals surface area contributed by atoms with E-state index in [1.807, 2.05) is 36.4 Å². The van der Waals surface area contributed by atoms with Crippen molar-refractivity contribution in [3.63, 3.8) is 0 Å². The zero-order chi connectivity index (χ0) is 19.1. The van der Waals surface area contributed by atoms with Gasteiger partial charge in [0.05, 0.1) is 12.3 Å². The third kappa shape index (κ3) is 5.92. The number of carbonyl (C=O) groups excluding carboxylic acids is 1. The van der Waals surface area contributed by atoms with Crippen LogP contribution in [0.1, 0.15) is 37.8 Å². The molecule has 0 fully saturated rings. The normalized spacial score (nSPS) is 11.8. The van der Waals surface area contributed by atoms with E-state index in [9.17, 15) is 9.59 Å². The smallest absolute Gasteiger partial charge is 0.309 e. The van der Waals surface area contributed by atoms with E-state index in [4.69, 9.17) is 9.84 Å². The van der Waals surface area contributed by atoms with Crippen molar-refractivity contribution in [1.82, 2.24) is 0 Å². The predicted octanol–water partition coefficient (Wildman–Crippen LogP) is 4.09. The van der Waals surface area contributed by atoms with Crippen molar-refractivity contribution < 1.29 is 19.4 Å². The highest BCUT2D eigenvalue weighted by atomic mass is 16.5. The molecule has 0 saturated heterocycles. The molecule has 1 atom stereocenters.